The number of rotatable bonds is 0. The van der Waals surface area contributed by atoms with Crippen molar-refractivity contribution in [1.29, 1.82) is 0 Å². The maximum Gasteiger partial charge on any atom is 0.0201 e. The van der Waals surface area contributed by atoms with E-state index in [1.165, 1.54) is 51.9 Å². The molecule has 0 aliphatic carbocycles. The van der Waals surface area contributed by atoms with Crippen molar-refractivity contribution >= 4 is 22.9 Å². The Labute approximate surface area is 88.6 Å². The molecular weight excluding hydrogens is 263 g/mol. The Balaban J connectivity index is 1.92. The van der Waals surface area contributed by atoms with Crippen LogP contribution < -0.4 is 5.32 Å². The lowest BCUT2D eigenvalue weighted by Gasteiger charge is -2.42. The van der Waals surface area contributed by atoms with E-state index in [1.807, 2.05) is 0 Å². The molecule has 0 bridgehead atoms. The molecule has 0 saturated carbocycles. The van der Waals surface area contributed by atoms with Gasteiger partial charge in [0.2, 0.25) is 0 Å². The van der Waals surface area contributed by atoms with E-state index in [0.717, 1.165) is 5.41 Å². The first-order chi connectivity index (χ1) is 5.81. The average Bonchev–Trinajstić information content (AvgIpc) is 2.13. The number of piperidine rings is 2. The molecule has 0 radical (unpaired) electrons. The van der Waals surface area contributed by atoms with Gasteiger partial charge in [-0.25, -0.2) is 3.11 Å². The lowest BCUT2D eigenvalue weighted by atomic mass is 9.72. The van der Waals surface area contributed by atoms with Crippen molar-refractivity contribution in [2.75, 3.05) is 26.2 Å². The van der Waals surface area contributed by atoms with Gasteiger partial charge in [0.05, 0.1) is 0 Å². The molecule has 0 aromatic rings. The molecule has 2 aliphatic heterocycles. The number of hydrogen-bond donors (Lipinski definition) is 1. The molecule has 12 heavy (non-hydrogen) atoms. The highest BCUT2D eigenvalue weighted by Gasteiger charge is 2.34. The van der Waals surface area contributed by atoms with Gasteiger partial charge >= 0.3 is 0 Å². The molecule has 2 heterocycles. The van der Waals surface area contributed by atoms with Crippen LogP contribution in [0.4, 0.5) is 0 Å². The van der Waals surface area contributed by atoms with E-state index in [0.29, 0.717) is 0 Å². The van der Waals surface area contributed by atoms with Crippen molar-refractivity contribution < 1.29 is 0 Å². The predicted octanol–water partition coefficient (Wildman–Crippen LogP) is 1.80. The third-order valence-corrected chi connectivity index (χ3v) is 4.40. The van der Waals surface area contributed by atoms with Gasteiger partial charge in [-0.05, 0) is 44.2 Å². The summed E-state index contributed by atoms with van der Waals surface area (Å²) in [6, 6.07) is 0. The molecule has 70 valence electrons. The van der Waals surface area contributed by atoms with E-state index in [4.69, 9.17) is 0 Å². The second kappa shape index (κ2) is 3.80. The van der Waals surface area contributed by atoms with Crippen LogP contribution in [0.1, 0.15) is 25.7 Å². The van der Waals surface area contributed by atoms with E-state index in [9.17, 15) is 0 Å². The fourth-order valence-electron chi connectivity index (χ4n) is 2.41. The minimum atomic E-state index is 0.729. The quantitative estimate of drug-likeness (QED) is 0.537. The van der Waals surface area contributed by atoms with Crippen LogP contribution in [0.15, 0.2) is 0 Å². The first-order valence-corrected chi connectivity index (χ1v) is 5.89. The SMILES string of the molecule is IN1CCC2(CCNCC2)CC1. The molecule has 3 heteroatoms. The highest BCUT2D eigenvalue weighted by molar-refractivity contribution is 14.1. The Morgan fingerprint density at radius 1 is 1.00 bits per heavy atom. The van der Waals surface area contributed by atoms with Gasteiger partial charge in [0.15, 0.2) is 0 Å². The van der Waals surface area contributed by atoms with Gasteiger partial charge in [-0.3, -0.25) is 0 Å². The normalized spacial score (nSPS) is 30.8. The molecular formula is C9H17IN2. The zero-order valence-corrected chi connectivity index (χ0v) is 9.64. The van der Waals surface area contributed by atoms with Crippen LogP contribution in [0.3, 0.4) is 0 Å². The van der Waals surface area contributed by atoms with E-state index in [-0.39, 0.29) is 0 Å². The van der Waals surface area contributed by atoms with E-state index in [1.54, 1.807) is 0 Å². The van der Waals surface area contributed by atoms with Crippen LogP contribution in [-0.2, 0) is 0 Å². The lowest BCUT2D eigenvalue weighted by Crippen LogP contribution is -2.42. The molecule has 2 aliphatic rings. The van der Waals surface area contributed by atoms with Crippen molar-refractivity contribution in [1.82, 2.24) is 8.43 Å². The fourth-order valence-corrected chi connectivity index (χ4v) is 2.89. The Morgan fingerprint density at radius 2 is 1.58 bits per heavy atom. The fraction of sp³-hybridized carbons (Fsp3) is 1.00. The summed E-state index contributed by atoms with van der Waals surface area (Å²) < 4.78 is 2.44. The first kappa shape index (κ1) is 9.21. The predicted molar refractivity (Wildman–Crippen MR) is 59.4 cm³/mol. The van der Waals surface area contributed by atoms with Crippen LogP contribution in [-0.4, -0.2) is 29.3 Å². The topological polar surface area (TPSA) is 15.3 Å². The maximum atomic E-state index is 3.45. The summed E-state index contributed by atoms with van der Waals surface area (Å²) in [5.74, 6) is 0. The second-order valence-electron chi connectivity index (χ2n) is 4.16. The molecule has 0 aromatic heterocycles. The summed E-state index contributed by atoms with van der Waals surface area (Å²) in [7, 11) is 0. The highest BCUT2D eigenvalue weighted by atomic mass is 127. The van der Waals surface area contributed by atoms with Crippen LogP contribution in [0.25, 0.3) is 0 Å². The summed E-state index contributed by atoms with van der Waals surface area (Å²) in [6.07, 6.45) is 5.68. The van der Waals surface area contributed by atoms with Gasteiger partial charge in [-0.1, -0.05) is 0 Å². The molecule has 0 aromatic carbocycles. The molecule has 2 fully saturated rings. The van der Waals surface area contributed by atoms with Gasteiger partial charge in [-0.15, -0.1) is 0 Å². The summed E-state index contributed by atoms with van der Waals surface area (Å²) in [5, 5.41) is 3.45. The summed E-state index contributed by atoms with van der Waals surface area (Å²) in [6.45, 7) is 5.11. The van der Waals surface area contributed by atoms with Gasteiger partial charge in [0.1, 0.15) is 0 Å². The number of nitrogens with zero attached hydrogens (tertiary/aromatic N) is 1. The smallest absolute Gasteiger partial charge is 0.0201 e. The molecule has 2 saturated heterocycles. The standard InChI is InChI=1S/C9H17IN2/c10-12-7-3-9(4-8-12)1-5-11-6-2-9/h11H,1-8H2. The summed E-state index contributed by atoms with van der Waals surface area (Å²) in [5.41, 5.74) is 0.729. The number of nitrogens with one attached hydrogen (secondary N) is 1. The third kappa shape index (κ3) is 1.93. The van der Waals surface area contributed by atoms with Crippen molar-refractivity contribution in [2.24, 2.45) is 5.41 Å². The van der Waals surface area contributed by atoms with Crippen molar-refractivity contribution in [3.05, 3.63) is 0 Å². The minimum Gasteiger partial charge on any atom is -0.317 e. The Bertz CT molecular complexity index is 145. The molecule has 1 spiro atoms. The van der Waals surface area contributed by atoms with E-state index in [2.05, 4.69) is 31.3 Å². The first-order valence-electron chi connectivity index (χ1n) is 4.92. The van der Waals surface area contributed by atoms with Crippen molar-refractivity contribution in [3.8, 4) is 0 Å². The van der Waals surface area contributed by atoms with Crippen LogP contribution in [0, 0.1) is 5.41 Å². The molecule has 2 rings (SSSR count). The Kier molecular flexibility index (Phi) is 2.92. The van der Waals surface area contributed by atoms with Gasteiger partial charge in [0.25, 0.3) is 0 Å². The second-order valence-corrected chi connectivity index (χ2v) is 5.52. The van der Waals surface area contributed by atoms with Crippen LogP contribution in [0.2, 0.25) is 0 Å². The summed E-state index contributed by atoms with van der Waals surface area (Å²) >= 11 is 2.45. The monoisotopic (exact) mass is 280 g/mol. The molecule has 0 atom stereocenters. The zero-order valence-electron chi connectivity index (χ0n) is 7.48. The lowest BCUT2D eigenvalue weighted by molar-refractivity contribution is 0.121. The Morgan fingerprint density at radius 3 is 2.17 bits per heavy atom. The molecule has 2 nitrogen and oxygen atoms in total. The molecule has 0 amide bonds. The maximum absolute atomic E-state index is 3.45. The van der Waals surface area contributed by atoms with Crippen molar-refractivity contribution in [2.45, 2.75) is 25.7 Å². The highest BCUT2D eigenvalue weighted by Crippen LogP contribution is 2.39. The van der Waals surface area contributed by atoms with E-state index < -0.39 is 0 Å². The molecule has 1 N–H and O–H groups in total. The van der Waals surface area contributed by atoms with Gasteiger partial charge in [-0.2, -0.15) is 0 Å². The van der Waals surface area contributed by atoms with E-state index >= 15 is 0 Å². The van der Waals surface area contributed by atoms with Gasteiger partial charge < -0.3 is 5.32 Å². The van der Waals surface area contributed by atoms with Gasteiger partial charge in [0, 0.05) is 36.0 Å². The number of hydrogen-bond acceptors (Lipinski definition) is 2. The summed E-state index contributed by atoms with van der Waals surface area (Å²) in [4.78, 5) is 0. The number of halogens is 1. The Hall–Kier alpha value is 0.650. The van der Waals surface area contributed by atoms with Crippen molar-refractivity contribution in [3.63, 3.8) is 0 Å². The largest absolute Gasteiger partial charge is 0.317 e. The zero-order chi connectivity index (χ0) is 8.44. The minimum absolute atomic E-state index is 0.729. The van der Waals surface area contributed by atoms with Crippen LogP contribution in [0.5, 0.6) is 0 Å². The third-order valence-electron chi connectivity index (χ3n) is 3.43. The van der Waals surface area contributed by atoms with Crippen LogP contribution >= 0.6 is 22.9 Å². The average molecular weight is 280 g/mol. The molecule has 0 unspecified atom stereocenters.